The minimum atomic E-state index is 1.03. The molecule has 1 rings (SSSR count). The molecule has 0 heterocycles. The fraction of sp³-hybridized carbons (Fsp3) is 1.00. The van der Waals surface area contributed by atoms with E-state index in [0.29, 0.717) is 0 Å². The number of hydrogen-bond acceptors (Lipinski definition) is 0. The van der Waals surface area contributed by atoms with E-state index in [-0.39, 0.29) is 0 Å². The second kappa shape index (κ2) is 2.52. The van der Waals surface area contributed by atoms with E-state index in [2.05, 4.69) is 13.8 Å². The van der Waals surface area contributed by atoms with Crippen LogP contribution < -0.4 is 0 Å². The summed E-state index contributed by atoms with van der Waals surface area (Å²) in [6.07, 6.45) is 5.89. The topological polar surface area (TPSA) is 0 Å². The molecule has 0 radical (unpaired) electrons. The molecule has 0 aromatic carbocycles. The van der Waals surface area contributed by atoms with Gasteiger partial charge in [0.25, 0.3) is 0 Å². The Morgan fingerprint density at radius 3 is 2.38 bits per heavy atom. The molecule has 1 fully saturated rings. The quantitative estimate of drug-likeness (QED) is 0.489. The van der Waals surface area contributed by atoms with Crippen LogP contribution in [0.25, 0.3) is 0 Å². The lowest BCUT2D eigenvalue weighted by Gasteiger charge is -2.02. The van der Waals surface area contributed by atoms with Gasteiger partial charge in [0.1, 0.15) is 0 Å². The molecule has 0 aliphatic heterocycles. The third-order valence-electron chi connectivity index (χ3n) is 2.38. The van der Waals surface area contributed by atoms with Crippen molar-refractivity contribution in [2.45, 2.75) is 39.5 Å². The molecule has 0 saturated heterocycles. The molecule has 8 heavy (non-hydrogen) atoms. The van der Waals surface area contributed by atoms with Crippen molar-refractivity contribution in [3.63, 3.8) is 0 Å². The molecule has 0 aromatic rings. The van der Waals surface area contributed by atoms with Crippen LogP contribution in [0.3, 0.4) is 0 Å². The summed E-state index contributed by atoms with van der Waals surface area (Å²) >= 11 is 0. The smallest absolute Gasteiger partial charge is 0.0414 e. The lowest BCUT2D eigenvalue weighted by Crippen LogP contribution is -1.89. The molecule has 0 bridgehead atoms. The monoisotopic (exact) mass is 112 g/mol. The zero-order valence-corrected chi connectivity index (χ0v) is 5.98. The van der Waals surface area contributed by atoms with Gasteiger partial charge in [-0.15, -0.1) is 0 Å². The van der Waals surface area contributed by atoms with Gasteiger partial charge in [0.05, 0.1) is 0 Å². The van der Waals surface area contributed by atoms with Crippen molar-refractivity contribution in [1.29, 1.82) is 0 Å². The van der Waals surface area contributed by atoms with Gasteiger partial charge in [0.15, 0.2) is 0 Å². The van der Waals surface area contributed by atoms with Crippen LogP contribution in [0.1, 0.15) is 39.5 Å². The first-order chi connectivity index (χ1) is 3.83. The first kappa shape index (κ1) is 6.12. The van der Waals surface area contributed by atoms with Crippen LogP contribution in [-0.4, -0.2) is 0 Å². The highest BCUT2D eigenvalue weighted by Gasteiger charge is 2.18. The fourth-order valence-corrected chi connectivity index (χ4v) is 1.70. The average molecular weight is 112 g/mol. The lowest BCUT2D eigenvalue weighted by atomic mass is 10.0. The van der Waals surface area contributed by atoms with Gasteiger partial charge in [-0.05, 0) is 18.3 Å². The molecule has 0 aromatic heterocycles. The van der Waals surface area contributed by atoms with E-state index in [9.17, 15) is 0 Å². The predicted molar refractivity (Wildman–Crippen MR) is 36.8 cm³/mol. The van der Waals surface area contributed by atoms with Gasteiger partial charge in [-0.1, -0.05) is 33.1 Å². The molecular formula is C8H16. The van der Waals surface area contributed by atoms with E-state index in [0.717, 1.165) is 11.8 Å². The van der Waals surface area contributed by atoms with Crippen LogP contribution in [0.4, 0.5) is 0 Å². The molecule has 0 spiro atoms. The minimum Gasteiger partial charge on any atom is -0.0651 e. The Bertz CT molecular complexity index is 66.4. The molecule has 0 heteroatoms. The highest BCUT2D eigenvalue weighted by Crippen LogP contribution is 2.31. The molecule has 2 atom stereocenters. The van der Waals surface area contributed by atoms with Crippen molar-refractivity contribution in [3.05, 3.63) is 0 Å². The first-order valence-electron chi connectivity index (χ1n) is 3.83. The molecule has 0 amide bonds. The summed E-state index contributed by atoms with van der Waals surface area (Å²) in [5.74, 6) is 2.10. The Kier molecular flexibility index (Phi) is 1.93. The van der Waals surface area contributed by atoms with Gasteiger partial charge < -0.3 is 0 Å². The van der Waals surface area contributed by atoms with Crippen LogP contribution in [0, 0.1) is 11.8 Å². The standard InChI is InChI=1S/C8H16/c1-3-8-5-4-7(2)6-8/h7-8H,3-6H2,1-2H3/t7-,8-/m1/s1. The summed E-state index contributed by atoms with van der Waals surface area (Å²) in [6, 6.07) is 0. The van der Waals surface area contributed by atoms with E-state index >= 15 is 0 Å². The SMILES string of the molecule is CC[C@@H]1CC[C@@H](C)C1. The highest BCUT2D eigenvalue weighted by atomic mass is 14.2. The summed E-state index contributed by atoms with van der Waals surface area (Å²) in [5.41, 5.74) is 0. The zero-order valence-electron chi connectivity index (χ0n) is 5.98. The van der Waals surface area contributed by atoms with E-state index in [1.807, 2.05) is 0 Å². The second-order valence-corrected chi connectivity index (χ2v) is 3.19. The summed E-state index contributed by atoms with van der Waals surface area (Å²) in [6.45, 7) is 4.68. The van der Waals surface area contributed by atoms with Crippen LogP contribution in [0.2, 0.25) is 0 Å². The molecule has 0 unspecified atom stereocenters. The Morgan fingerprint density at radius 2 is 2.12 bits per heavy atom. The predicted octanol–water partition coefficient (Wildman–Crippen LogP) is 2.83. The molecule has 0 nitrogen and oxygen atoms in total. The van der Waals surface area contributed by atoms with Crippen molar-refractivity contribution in [3.8, 4) is 0 Å². The van der Waals surface area contributed by atoms with Crippen LogP contribution in [0.15, 0.2) is 0 Å². The molecular weight excluding hydrogens is 96.1 g/mol. The second-order valence-electron chi connectivity index (χ2n) is 3.19. The number of rotatable bonds is 1. The third-order valence-corrected chi connectivity index (χ3v) is 2.38. The van der Waals surface area contributed by atoms with Gasteiger partial charge in [-0.2, -0.15) is 0 Å². The van der Waals surface area contributed by atoms with E-state index in [4.69, 9.17) is 0 Å². The van der Waals surface area contributed by atoms with Crippen molar-refractivity contribution in [1.82, 2.24) is 0 Å². The highest BCUT2D eigenvalue weighted by molar-refractivity contribution is 4.70. The van der Waals surface area contributed by atoms with Gasteiger partial charge >= 0.3 is 0 Å². The van der Waals surface area contributed by atoms with E-state index in [1.54, 1.807) is 0 Å². The Hall–Kier alpha value is 0. The fourth-order valence-electron chi connectivity index (χ4n) is 1.70. The largest absolute Gasteiger partial charge is 0.0651 e. The normalized spacial score (nSPS) is 38.2. The van der Waals surface area contributed by atoms with Crippen LogP contribution in [-0.2, 0) is 0 Å². The van der Waals surface area contributed by atoms with Gasteiger partial charge in [0.2, 0.25) is 0 Å². The summed E-state index contributed by atoms with van der Waals surface area (Å²) in [5, 5.41) is 0. The average Bonchev–Trinajstić information content (AvgIpc) is 2.14. The van der Waals surface area contributed by atoms with Crippen molar-refractivity contribution in [2.75, 3.05) is 0 Å². The van der Waals surface area contributed by atoms with Gasteiger partial charge in [-0.3, -0.25) is 0 Å². The summed E-state index contributed by atoms with van der Waals surface area (Å²) in [7, 11) is 0. The molecule has 1 saturated carbocycles. The Morgan fingerprint density at radius 1 is 1.38 bits per heavy atom. The summed E-state index contributed by atoms with van der Waals surface area (Å²) < 4.78 is 0. The van der Waals surface area contributed by atoms with Gasteiger partial charge in [0, 0.05) is 0 Å². The first-order valence-corrected chi connectivity index (χ1v) is 3.83. The third kappa shape index (κ3) is 1.24. The van der Waals surface area contributed by atoms with E-state index < -0.39 is 0 Å². The van der Waals surface area contributed by atoms with Crippen molar-refractivity contribution >= 4 is 0 Å². The Balaban J connectivity index is 2.22. The van der Waals surface area contributed by atoms with Crippen LogP contribution >= 0.6 is 0 Å². The maximum Gasteiger partial charge on any atom is -0.0414 e. The molecule has 1 aliphatic carbocycles. The molecule has 0 N–H and O–H groups in total. The molecule has 48 valence electrons. The van der Waals surface area contributed by atoms with E-state index in [1.165, 1.54) is 25.7 Å². The maximum absolute atomic E-state index is 2.37. The van der Waals surface area contributed by atoms with Crippen molar-refractivity contribution < 1.29 is 0 Å². The molecule has 1 aliphatic rings. The van der Waals surface area contributed by atoms with Gasteiger partial charge in [-0.25, -0.2) is 0 Å². The zero-order chi connectivity index (χ0) is 5.98. The Labute approximate surface area is 52.3 Å². The maximum atomic E-state index is 2.37. The summed E-state index contributed by atoms with van der Waals surface area (Å²) in [4.78, 5) is 0. The minimum absolute atomic E-state index is 1.03. The lowest BCUT2D eigenvalue weighted by molar-refractivity contribution is 0.501. The van der Waals surface area contributed by atoms with Crippen LogP contribution in [0.5, 0.6) is 0 Å². The number of hydrogen-bond donors (Lipinski definition) is 0. The van der Waals surface area contributed by atoms with Crippen molar-refractivity contribution in [2.24, 2.45) is 11.8 Å².